The van der Waals surface area contributed by atoms with Crippen molar-refractivity contribution in [1.82, 2.24) is 9.62 Å². The molecule has 0 bridgehead atoms. The summed E-state index contributed by atoms with van der Waals surface area (Å²) in [4.78, 5) is 22.2. The predicted molar refractivity (Wildman–Crippen MR) is 69.9 cm³/mol. The van der Waals surface area contributed by atoms with Crippen molar-refractivity contribution in [2.24, 2.45) is 0 Å². The van der Waals surface area contributed by atoms with Crippen LogP contribution in [0.2, 0.25) is 0 Å². The molecular formula is C12H14N2O5S. The molecule has 7 nitrogen and oxygen atoms in total. The summed E-state index contributed by atoms with van der Waals surface area (Å²) in [5.41, 5.74) is 1.11. The highest BCUT2D eigenvalue weighted by Gasteiger charge is 2.25. The number of likely N-dealkylation sites (N-methyl/N-ethyl adjacent to an activating group) is 1. The van der Waals surface area contributed by atoms with E-state index in [1.807, 2.05) is 0 Å². The van der Waals surface area contributed by atoms with Crippen molar-refractivity contribution in [2.75, 3.05) is 20.1 Å². The SMILES string of the molecule is CN(CC(=O)O)S(=O)(=O)c1ccc2c(c1)C(=O)NCC2. The Bertz CT molecular complexity index is 668. The van der Waals surface area contributed by atoms with E-state index in [4.69, 9.17) is 5.11 Å². The first-order chi connectivity index (χ1) is 9.32. The van der Waals surface area contributed by atoms with E-state index in [1.165, 1.54) is 19.2 Å². The summed E-state index contributed by atoms with van der Waals surface area (Å²) in [7, 11) is -2.73. The number of carbonyl (C=O) groups is 2. The van der Waals surface area contributed by atoms with Gasteiger partial charge in [0.2, 0.25) is 10.0 Å². The first-order valence-corrected chi connectivity index (χ1v) is 7.35. The van der Waals surface area contributed by atoms with Crippen molar-refractivity contribution in [3.05, 3.63) is 29.3 Å². The van der Waals surface area contributed by atoms with E-state index in [-0.39, 0.29) is 10.8 Å². The van der Waals surface area contributed by atoms with Gasteiger partial charge in [0, 0.05) is 19.2 Å². The van der Waals surface area contributed by atoms with E-state index in [9.17, 15) is 18.0 Å². The molecule has 1 aromatic carbocycles. The van der Waals surface area contributed by atoms with Crippen LogP contribution in [0, 0.1) is 0 Å². The van der Waals surface area contributed by atoms with Gasteiger partial charge in [-0.25, -0.2) is 8.42 Å². The van der Waals surface area contributed by atoms with Crippen molar-refractivity contribution >= 4 is 21.9 Å². The van der Waals surface area contributed by atoms with Crippen molar-refractivity contribution in [3.8, 4) is 0 Å². The second-order valence-corrected chi connectivity index (χ2v) is 6.52. The van der Waals surface area contributed by atoms with E-state index in [1.54, 1.807) is 6.07 Å². The lowest BCUT2D eigenvalue weighted by Gasteiger charge is -2.19. The molecule has 1 heterocycles. The molecule has 0 aromatic heterocycles. The monoisotopic (exact) mass is 298 g/mol. The molecule has 108 valence electrons. The third-order valence-electron chi connectivity index (χ3n) is 3.07. The number of hydrogen-bond acceptors (Lipinski definition) is 4. The molecule has 0 atom stereocenters. The predicted octanol–water partition coefficient (Wildman–Crippen LogP) is -0.322. The van der Waals surface area contributed by atoms with Crippen LogP contribution in [-0.4, -0.2) is 49.8 Å². The Morgan fingerprint density at radius 1 is 1.45 bits per heavy atom. The molecule has 20 heavy (non-hydrogen) atoms. The maximum absolute atomic E-state index is 12.2. The zero-order valence-corrected chi connectivity index (χ0v) is 11.6. The van der Waals surface area contributed by atoms with Crippen LogP contribution in [-0.2, 0) is 21.2 Å². The summed E-state index contributed by atoms with van der Waals surface area (Å²) in [6.45, 7) is -0.109. The van der Waals surface area contributed by atoms with Crippen LogP contribution in [0.25, 0.3) is 0 Å². The third kappa shape index (κ3) is 2.66. The lowest BCUT2D eigenvalue weighted by molar-refractivity contribution is -0.137. The largest absolute Gasteiger partial charge is 0.480 e. The number of nitrogens with one attached hydrogen (secondary N) is 1. The molecule has 1 aromatic rings. The third-order valence-corrected chi connectivity index (χ3v) is 4.87. The maximum Gasteiger partial charge on any atom is 0.318 e. The number of carbonyl (C=O) groups excluding carboxylic acids is 1. The number of aliphatic carboxylic acids is 1. The fraction of sp³-hybridized carbons (Fsp3) is 0.333. The average Bonchev–Trinajstić information content (AvgIpc) is 2.38. The van der Waals surface area contributed by atoms with E-state index in [0.29, 0.717) is 18.5 Å². The first-order valence-electron chi connectivity index (χ1n) is 5.91. The number of nitrogens with zero attached hydrogens (tertiary/aromatic N) is 1. The minimum atomic E-state index is -3.92. The van der Waals surface area contributed by atoms with Crippen molar-refractivity contribution < 1.29 is 23.1 Å². The second-order valence-electron chi connectivity index (χ2n) is 4.48. The summed E-state index contributed by atoms with van der Waals surface area (Å²) < 4.78 is 25.1. The number of carboxylic acid groups (broad SMARTS) is 1. The van der Waals surface area contributed by atoms with Crippen molar-refractivity contribution in [2.45, 2.75) is 11.3 Å². The number of carboxylic acids is 1. The number of rotatable bonds is 4. The molecule has 0 saturated heterocycles. The topological polar surface area (TPSA) is 104 Å². The normalized spacial score (nSPS) is 14.8. The van der Waals surface area contributed by atoms with E-state index in [0.717, 1.165) is 9.87 Å². The number of benzene rings is 1. The second kappa shape index (κ2) is 5.22. The Labute approximate surface area is 116 Å². The number of sulfonamides is 1. The molecule has 0 unspecified atom stereocenters. The van der Waals surface area contributed by atoms with Gasteiger partial charge in [-0.3, -0.25) is 9.59 Å². The van der Waals surface area contributed by atoms with Crippen LogP contribution in [0.3, 0.4) is 0 Å². The van der Waals surface area contributed by atoms with Gasteiger partial charge in [0.15, 0.2) is 0 Å². The quantitative estimate of drug-likeness (QED) is 0.792. The zero-order valence-electron chi connectivity index (χ0n) is 10.8. The Balaban J connectivity index is 2.40. The Morgan fingerprint density at radius 2 is 2.15 bits per heavy atom. The van der Waals surface area contributed by atoms with Gasteiger partial charge in [-0.2, -0.15) is 4.31 Å². The molecule has 0 aliphatic carbocycles. The molecule has 0 radical (unpaired) electrons. The fourth-order valence-corrected chi connectivity index (χ4v) is 3.15. The van der Waals surface area contributed by atoms with Crippen LogP contribution in [0.15, 0.2) is 23.1 Å². The minimum Gasteiger partial charge on any atom is -0.480 e. The molecule has 2 N–H and O–H groups in total. The summed E-state index contributed by atoms with van der Waals surface area (Å²) >= 11 is 0. The first kappa shape index (κ1) is 14.5. The van der Waals surface area contributed by atoms with Crippen LogP contribution >= 0.6 is 0 Å². The molecule has 1 amide bonds. The standard InChI is InChI=1S/C12H14N2O5S/c1-14(7-11(15)16)20(18,19)9-3-2-8-4-5-13-12(17)10(8)6-9/h2-3,6H,4-5,7H2,1H3,(H,13,17)(H,15,16). The van der Waals surface area contributed by atoms with Crippen LogP contribution < -0.4 is 5.32 Å². The highest BCUT2D eigenvalue weighted by Crippen LogP contribution is 2.21. The van der Waals surface area contributed by atoms with Crippen LogP contribution in [0.5, 0.6) is 0 Å². The van der Waals surface area contributed by atoms with Gasteiger partial charge in [-0.15, -0.1) is 0 Å². The van der Waals surface area contributed by atoms with E-state index >= 15 is 0 Å². The molecular weight excluding hydrogens is 284 g/mol. The molecule has 2 rings (SSSR count). The number of amides is 1. The zero-order chi connectivity index (χ0) is 14.9. The van der Waals surface area contributed by atoms with Crippen LogP contribution in [0.1, 0.15) is 15.9 Å². The molecule has 1 aliphatic rings. The van der Waals surface area contributed by atoms with Gasteiger partial charge in [0.25, 0.3) is 5.91 Å². The Kier molecular flexibility index (Phi) is 3.78. The van der Waals surface area contributed by atoms with E-state index < -0.39 is 22.5 Å². The summed E-state index contributed by atoms with van der Waals surface area (Å²) in [6, 6.07) is 4.28. The van der Waals surface area contributed by atoms with E-state index in [2.05, 4.69) is 5.32 Å². The van der Waals surface area contributed by atoms with Gasteiger partial charge in [0.05, 0.1) is 4.90 Å². The van der Waals surface area contributed by atoms with Gasteiger partial charge in [0.1, 0.15) is 6.54 Å². The summed E-state index contributed by atoms with van der Waals surface area (Å²) in [5.74, 6) is -1.56. The fourth-order valence-electron chi connectivity index (χ4n) is 2.01. The van der Waals surface area contributed by atoms with Gasteiger partial charge < -0.3 is 10.4 Å². The van der Waals surface area contributed by atoms with Gasteiger partial charge >= 0.3 is 5.97 Å². The Morgan fingerprint density at radius 3 is 2.80 bits per heavy atom. The number of fused-ring (bicyclic) bond motifs is 1. The molecule has 0 spiro atoms. The average molecular weight is 298 g/mol. The molecule has 0 saturated carbocycles. The lowest BCUT2D eigenvalue weighted by Crippen LogP contribution is -2.34. The lowest BCUT2D eigenvalue weighted by atomic mass is 10.0. The molecule has 0 fully saturated rings. The smallest absolute Gasteiger partial charge is 0.318 e. The number of hydrogen-bond donors (Lipinski definition) is 2. The highest BCUT2D eigenvalue weighted by atomic mass is 32.2. The van der Waals surface area contributed by atoms with Crippen LogP contribution in [0.4, 0.5) is 0 Å². The Hall–Kier alpha value is -1.93. The van der Waals surface area contributed by atoms with Crippen molar-refractivity contribution in [1.29, 1.82) is 0 Å². The highest BCUT2D eigenvalue weighted by molar-refractivity contribution is 7.89. The summed E-state index contributed by atoms with van der Waals surface area (Å²) in [6.07, 6.45) is 0.645. The van der Waals surface area contributed by atoms with Gasteiger partial charge in [-0.05, 0) is 24.1 Å². The van der Waals surface area contributed by atoms with Gasteiger partial charge in [-0.1, -0.05) is 6.07 Å². The maximum atomic E-state index is 12.2. The van der Waals surface area contributed by atoms with Crippen molar-refractivity contribution in [3.63, 3.8) is 0 Å². The summed E-state index contributed by atoms with van der Waals surface area (Å²) in [5, 5.41) is 11.3. The molecule has 1 aliphatic heterocycles. The molecule has 8 heteroatoms. The minimum absolute atomic E-state index is 0.0861.